The molecule has 2 aromatic carbocycles. The van der Waals surface area contributed by atoms with Crippen molar-refractivity contribution in [2.24, 2.45) is 11.8 Å². The summed E-state index contributed by atoms with van der Waals surface area (Å²) in [4.78, 5) is 2.65. The summed E-state index contributed by atoms with van der Waals surface area (Å²) in [6.07, 6.45) is 9.34. The van der Waals surface area contributed by atoms with E-state index >= 15 is 0 Å². The van der Waals surface area contributed by atoms with Crippen LogP contribution in [0.25, 0.3) is 0 Å². The van der Waals surface area contributed by atoms with E-state index in [-0.39, 0.29) is 6.61 Å². The first-order chi connectivity index (χ1) is 14.8. The minimum atomic E-state index is 0.0625. The number of aliphatic hydroxyl groups is 1. The monoisotopic (exact) mass is 405 g/mol. The number of aryl methyl sites for hydroxylation is 1. The molecule has 1 aliphatic heterocycles. The highest BCUT2D eigenvalue weighted by molar-refractivity contribution is 5.42. The van der Waals surface area contributed by atoms with E-state index in [1.54, 1.807) is 11.1 Å². The topological polar surface area (TPSA) is 32.7 Å². The van der Waals surface area contributed by atoms with Crippen LogP contribution in [0, 0.1) is 11.8 Å². The number of likely N-dealkylation sites (tertiary alicyclic amines) is 1. The number of piperidine rings is 1. The highest BCUT2D eigenvalue weighted by Gasteiger charge is 2.58. The Morgan fingerprint density at radius 3 is 2.80 bits per heavy atom. The fourth-order valence-electron chi connectivity index (χ4n) is 6.32. The van der Waals surface area contributed by atoms with Crippen LogP contribution in [-0.2, 0) is 18.3 Å². The second kappa shape index (κ2) is 8.72. The number of benzene rings is 2. The Hall–Kier alpha value is -1.84. The average molecular weight is 406 g/mol. The number of ether oxygens (including phenoxy) is 1. The second-order valence-electron chi connectivity index (χ2n) is 9.63. The molecule has 3 aliphatic rings. The Labute approximate surface area is 181 Å². The fourth-order valence-corrected chi connectivity index (χ4v) is 6.32. The summed E-state index contributed by atoms with van der Waals surface area (Å²) in [5.41, 5.74) is 5.20. The number of hydrogen-bond donors (Lipinski definition) is 1. The van der Waals surface area contributed by atoms with E-state index in [0.717, 1.165) is 30.6 Å². The minimum absolute atomic E-state index is 0.0625. The predicted octanol–water partition coefficient (Wildman–Crippen LogP) is 4.61. The highest BCUT2D eigenvalue weighted by Crippen LogP contribution is 2.64. The van der Waals surface area contributed by atoms with Crippen molar-refractivity contribution in [2.75, 3.05) is 32.8 Å². The van der Waals surface area contributed by atoms with Gasteiger partial charge >= 0.3 is 0 Å². The van der Waals surface area contributed by atoms with E-state index in [0.29, 0.717) is 12.0 Å². The SMILES string of the molecule is OCCOc1cccc(CCN2CCC(C3C[C@]34CCCc3ccccc34)CC2)c1. The molecule has 1 saturated carbocycles. The van der Waals surface area contributed by atoms with Crippen LogP contribution in [-0.4, -0.2) is 42.9 Å². The molecule has 2 aromatic rings. The van der Waals surface area contributed by atoms with Gasteiger partial charge in [-0.2, -0.15) is 0 Å². The Bertz CT molecular complexity index is 857. The zero-order chi connectivity index (χ0) is 20.4. The van der Waals surface area contributed by atoms with Crippen molar-refractivity contribution in [2.45, 2.75) is 50.4 Å². The Balaban J connectivity index is 1.12. The molecule has 1 saturated heterocycles. The third-order valence-corrected chi connectivity index (χ3v) is 7.93. The Morgan fingerprint density at radius 2 is 1.93 bits per heavy atom. The van der Waals surface area contributed by atoms with Crippen LogP contribution in [0.15, 0.2) is 48.5 Å². The molecule has 5 rings (SSSR count). The molecule has 3 nitrogen and oxygen atoms in total. The van der Waals surface area contributed by atoms with Crippen LogP contribution >= 0.6 is 0 Å². The lowest BCUT2D eigenvalue weighted by molar-refractivity contribution is 0.167. The summed E-state index contributed by atoms with van der Waals surface area (Å²) in [6.45, 7) is 4.06. The molecule has 0 bridgehead atoms. The first kappa shape index (κ1) is 20.1. The maximum atomic E-state index is 8.93. The van der Waals surface area contributed by atoms with Gasteiger partial charge in [-0.25, -0.2) is 0 Å². The molecule has 1 spiro atoms. The molecular weight excluding hydrogens is 370 g/mol. The number of nitrogens with zero attached hydrogens (tertiary/aromatic N) is 1. The van der Waals surface area contributed by atoms with Crippen LogP contribution in [0.2, 0.25) is 0 Å². The maximum absolute atomic E-state index is 8.93. The van der Waals surface area contributed by atoms with Crippen LogP contribution in [0.1, 0.15) is 48.8 Å². The average Bonchev–Trinajstić information content (AvgIpc) is 3.51. The number of hydrogen-bond acceptors (Lipinski definition) is 3. The van der Waals surface area contributed by atoms with Gasteiger partial charge in [-0.3, -0.25) is 0 Å². The first-order valence-corrected chi connectivity index (χ1v) is 11.9. The second-order valence-corrected chi connectivity index (χ2v) is 9.63. The molecule has 2 atom stereocenters. The Morgan fingerprint density at radius 1 is 1.07 bits per heavy atom. The molecule has 160 valence electrons. The molecule has 30 heavy (non-hydrogen) atoms. The lowest BCUT2D eigenvalue weighted by atomic mass is 9.75. The van der Waals surface area contributed by atoms with Gasteiger partial charge in [-0.15, -0.1) is 0 Å². The van der Waals surface area contributed by atoms with Gasteiger partial charge < -0.3 is 14.7 Å². The quantitative estimate of drug-likeness (QED) is 0.730. The summed E-state index contributed by atoms with van der Waals surface area (Å²) >= 11 is 0. The van der Waals surface area contributed by atoms with Crippen molar-refractivity contribution in [3.8, 4) is 5.75 Å². The van der Waals surface area contributed by atoms with Crippen molar-refractivity contribution in [1.82, 2.24) is 4.90 Å². The van der Waals surface area contributed by atoms with Gasteiger partial charge in [0.15, 0.2) is 0 Å². The molecule has 0 aromatic heterocycles. The normalized spacial score (nSPS) is 26.5. The molecule has 2 aliphatic carbocycles. The maximum Gasteiger partial charge on any atom is 0.119 e. The first-order valence-electron chi connectivity index (χ1n) is 11.9. The van der Waals surface area contributed by atoms with Crippen LogP contribution in [0.5, 0.6) is 5.75 Å². The fraction of sp³-hybridized carbons (Fsp3) is 0.556. The van der Waals surface area contributed by atoms with Gasteiger partial charge in [0.1, 0.15) is 12.4 Å². The third kappa shape index (κ3) is 4.02. The molecule has 1 unspecified atom stereocenters. The smallest absolute Gasteiger partial charge is 0.119 e. The van der Waals surface area contributed by atoms with E-state index in [2.05, 4.69) is 47.4 Å². The largest absolute Gasteiger partial charge is 0.491 e. The zero-order valence-electron chi connectivity index (χ0n) is 18.1. The highest BCUT2D eigenvalue weighted by atomic mass is 16.5. The van der Waals surface area contributed by atoms with Crippen LogP contribution in [0.3, 0.4) is 0 Å². The van der Waals surface area contributed by atoms with Crippen LogP contribution < -0.4 is 4.74 Å². The summed E-state index contributed by atoms with van der Waals surface area (Å²) in [6, 6.07) is 17.6. The summed E-state index contributed by atoms with van der Waals surface area (Å²) < 4.78 is 5.55. The number of rotatable bonds is 7. The van der Waals surface area contributed by atoms with E-state index < -0.39 is 0 Å². The van der Waals surface area contributed by atoms with Crippen molar-refractivity contribution < 1.29 is 9.84 Å². The van der Waals surface area contributed by atoms with Crippen molar-refractivity contribution >= 4 is 0 Å². The van der Waals surface area contributed by atoms with Gasteiger partial charge in [0.05, 0.1) is 6.61 Å². The van der Waals surface area contributed by atoms with Gasteiger partial charge in [-0.1, -0.05) is 36.4 Å². The van der Waals surface area contributed by atoms with Crippen LogP contribution in [0.4, 0.5) is 0 Å². The van der Waals surface area contributed by atoms with E-state index in [4.69, 9.17) is 9.84 Å². The van der Waals surface area contributed by atoms with Crippen molar-refractivity contribution in [3.05, 3.63) is 65.2 Å². The van der Waals surface area contributed by atoms with E-state index in [9.17, 15) is 0 Å². The summed E-state index contributed by atoms with van der Waals surface area (Å²) in [5, 5.41) is 8.93. The van der Waals surface area contributed by atoms with Gasteiger partial charge in [0, 0.05) is 6.54 Å². The molecule has 1 N–H and O–H groups in total. The third-order valence-electron chi connectivity index (χ3n) is 7.93. The van der Waals surface area contributed by atoms with E-state index in [1.807, 2.05) is 6.07 Å². The number of aliphatic hydroxyl groups excluding tert-OH is 1. The lowest BCUT2D eigenvalue weighted by Gasteiger charge is -2.35. The van der Waals surface area contributed by atoms with Gasteiger partial charge in [0.25, 0.3) is 0 Å². The molecule has 0 radical (unpaired) electrons. The summed E-state index contributed by atoms with van der Waals surface area (Å²) in [5.74, 6) is 2.72. The lowest BCUT2D eigenvalue weighted by Crippen LogP contribution is -2.36. The molecule has 2 fully saturated rings. The molecule has 3 heteroatoms. The Kier molecular flexibility index (Phi) is 5.84. The van der Waals surface area contributed by atoms with Gasteiger partial charge in [0.2, 0.25) is 0 Å². The van der Waals surface area contributed by atoms with Crippen molar-refractivity contribution in [3.63, 3.8) is 0 Å². The molecular formula is C27H35NO2. The molecule has 1 heterocycles. The summed E-state index contributed by atoms with van der Waals surface area (Å²) in [7, 11) is 0. The predicted molar refractivity (Wildman–Crippen MR) is 121 cm³/mol. The zero-order valence-corrected chi connectivity index (χ0v) is 18.1. The molecule has 0 amide bonds. The standard InChI is InChI=1S/C27H35NO2/c29-17-18-30-24-8-3-5-21(19-24)10-14-28-15-11-23(12-16-28)26-20-27(26)13-4-7-22-6-1-2-9-25(22)27/h1-3,5-6,8-9,19,23,26,29H,4,7,10-18,20H2/t26?,27-/m0/s1. The van der Waals surface area contributed by atoms with Gasteiger partial charge in [-0.05, 0) is 104 Å². The minimum Gasteiger partial charge on any atom is -0.491 e. The number of fused-ring (bicyclic) bond motifs is 2. The van der Waals surface area contributed by atoms with E-state index in [1.165, 1.54) is 57.2 Å². The van der Waals surface area contributed by atoms with Crippen molar-refractivity contribution in [1.29, 1.82) is 0 Å².